The molecule has 190 valence electrons. The van der Waals surface area contributed by atoms with Crippen LogP contribution in [0.5, 0.6) is 11.5 Å². The maximum atomic E-state index is 13.6. The van der Waals surface area contributed by atoms with Crippen molar-refractivity contribution in [2.45, 2.75) is 20.4 Å². The predicted molar refractivity (Wildman–Crippen MR) is 145 cm³/mol. The second kappa shape index (κ2) is 10.9. The second-order valence-corrected chi connectivity index (χ2v) is 8.70. The summed E-state index contributed by atoms with van der Waals surface area (Å²) in [5.74, 6) is 1.36. The van der Waals surface area contributed by atoms with E-state index in [2.05, 4.69) is 15.7 Å². The van der Waals surface area contributed by atoms with Gasteiger partial charge in [-0.3, -0.25) is 9.59 Å². The van der Waals surface area contributed by atoms with Crippen molar-refractivity contribution in [3.05, 3.63) is 130 Å². The zero-order chi connectivity index (χ0) is 26.5. The molecule has 2 heterocycles. The number of anilines is 2. The molecular formula is C30H26N4O4. The van der Waals surface area contributed by atoms with E-state index in [1.54, 1.807) is 54.8 Å². The van der Waals surface area contributed by atoms with Gasteiger partial charge in [0.15, 0.2) is 11.4 Å². The zero-order valence-corrected chi connectivity index (χ0v) is 21.0. The maximum absolute atomic E-state index is 13.6. The molecule has 2 N–H and O–H groups in total. The zero-order valence-electron chi connectivity index (χ0n) is 21.0. The van der Waals surface area contributed by atoms with Gasteiger partial charge in [-0.2, -0.15) is 9.78 Å². The van der Waals surface area contributed by atoms with Crippen molar-refractivity contribution in [1.82, 2.24) is 15.1 Å². The number of nitrogens with one attached hydrogen (secondary N) is 2. The summed E-state index contributed by atoms with van der Waals surface area (Å²) < 4.78 is 12.7. The third-order valence-corrected chi connectivity index (χ3v) is 6.14. The highest BCUT2D eigenvalue weighted by Gasteiger charge is 2.17. The van der Waals surface area contributed by atoms with Gasteiger partial charge in [0.05, 0.1) is 24.7 Å². The minimum absolute atomic E-state index is 0.222. The summed E-state index contributed by atoms with van der Waals surface area (Å²) in [5, 5.41) is 10.4. The Labute approximate surface area is 219 Å². The molecule has 38 heavy (non-hydrogen) atoms. The van der Waals surface area contributed by atoms with Gasteiger partial charge in [-0.05, 0) is 79.6 Å². The van der Waals surface area contributed by atoms with Gasteiger partial charge in [-0.15, -0.1) is 0 Å². The third-order valence-electron chi connectivity index (χ3n) is 6.14. The number of aromatic nitrogens is 2. The maximum Gasteiger partial charge on any atom is 0.299 e. The highest BCUT2D eigenvalue weighted by Crippen LogP contribution is 2.31. The molecule has 5 rings (SSSR count). The Hall–Kier alpha value is -5.11. The van der Waals surface area contributed by atoms with Crippen molar-refractivity contribution < 1.29 is 13.9 Å². The largest absolute Gasteiger partial charge is 0.467 e. The molecule has 0 radical (unpaired) electrons. The first kappa shape index (κ1) is 24.6. The van der Waals surface area contributed by atoms with Gasteiger partial charge >= 0.3 is 0 Å². The van der Waals surface area contributed by atoms with Crippen LogP contribution in [0, 0.1) is 13.8 Å². The van der Waals surface area contributed by atoms with E-state index in [-0.39, 0.29) is 22.9 Å². The van der Waals surface area contributed by atoms with Gasteiger partial charge in [0.25, 0.3) is 11.5 Å². The van der Waals surface area contributed by atoms with E-state index in [9.17, 15) is 9.59 Å². The number of para-hydroxylation sites is 1. The summed E-state index contributed by atoms with van der Waals surface area (Å²) in [6.45, 7) is 4.26. The lowest BCUT2D eigenvalue weighted by Gasteiger charge is -2.16. The Morgan fingerprint density at radius 2 is 1.71 bits per heavy atom. The van der Waals surface area contributed by atoms with Crippen LogP contribution in [0.3, 0.4) is 0 Å². The quantitative estimate of drug-likeness (QED) is 0.272. The molecule has 0 saturated heterocycles. The molecule has 5 aromatic rings. The van der Waals surface area contributed by atoms with Crippen molar-refractivity contribution in [3.8, 4) is 17.2 Å². The number of carbonyl (C=O) groups is 1. The van der Waals surface area contributed by atoms with Gasteiger partial charge in [0.2, 0.25) is 0 Å². The Bertz CT molecular complexity index is 1610. The number of benzene rings is 3. The molecule has 3 aromatic carbocycles. The number of nitrogens with zero attached hydrogens (tertiary/aromatic N) is 2. The molecule has 8 nitrogen and oxygen atoms in total. The van der Waals surface area contributed by atoms with E-state index >= 15 is 0 Å². The topological polar surface area (TPSA) is 98.4 Å². The lowest BCUT2D eigenvalue weighted by atomic mass is 10.1. The van der Waals surface area contributed by atoms with Crippen LogP contribution in [-0.2, 0) is 6.54 Å². The highest BCUT2D eigenvalue weighted by atomic mass is 16.5. The fourth-order valence-corrected chi connectivity index (χ4v) is 3.87. The Balaban J connectivity index is 1.44. The minimum Gasteiger partial charge on any atom is -0.467 e. The first-order chi connectivity index (χ1) is 18.5. The summed E-state index contributed by atoms with van der Waals surface area (Å²) in [6, 6.07) is 25.3. The molecular weight excluding hydrogens is 480 g/mol. The van der Waals surface area contributed by atoms with Crippen LogP contribution in [0.2, 0.25) is 0 Å². The van der Waals surface area contributed by atoms with Crippen LogP contribution in [0.15, 0.2) is 107 Å². The number of carbonyl (C=O) groups excluding carboxylic acids is 1. The molecule has 1 amide bonds. The highest BCUT2D eigenvalue weighted by molar-refractivity contribution is 5.94. The van der Waals surface area contributed by atoms with Crippen LogP contribution in [0.25, 0.3) is 5.69 Å². The summed E-state index contributed by atoms with van der Waals surface area (Å²) in [4.78, 5) is 26.1. The van der Waals surface area contributed by atoms with Crippen LogP contribution in [0.4, 0.5) is 11.4 Å². The van der Waals surface area contributed by atoms with E-state index in [0.717, 1.165) is 11.1 Å². The Morgan fingerprint density at radius 1 is 0.921 bits per heavy atom. The lowest BCUT2D eigenvalue weighted by molar-refractivity contribution is 0.0948. The average Bonchev–Trinajstić information content (AvgIpc) is 3.46. The van der Waals surface area contributed by atoms with Gasteiger partial charge < -0.3 is 19.8 Å². The number of ether oxygens (including phenoxy) is 1. The molecule has 0 bridgehead atoms. The molecule has 0 atom stereocenters. The Morgan fingerprint density at radius 3 is 2.45 bits per heavy atom. The monoisotopic (exact) mass is 506 g/mol. The fraction of sp³-hybridized carbons (Fsp3) is 0.100. The lowest BCUT2D eigenvalue weighted by Crippen LogP contribution is -2.24. The number of hydrogen-bond acceptors (Lipinski definition) is 6. The SMILES string of the molecule is Cc1cccc(Oc2cnn(-c3ccccc3)c(=O)c2Nc2ccc(C(=O)NCc3ccco3)cc2)c1C. The average molecular weight is 507 g/mol. The van der Waals surface area contributed by atoms with Gasteiger partial charge in [-0.1, -0.05) is 30.3 Å². The molecule has 0 unspecified atom stereocenters. The summed E-state index contributed by atoms with van der Waals surface area (Å²) in [5.41, 5.74) is 3.60. The smallest absolute Gasteiger partial charge is 0.299 e. The van der Waals surface area contributed by atoms with E-state index in [4.69, 9.17) is 9.15 Å². The van der Waals surface area contributed by atoms with Crippen molar-refractivity contribution >= 4 is 17.3 Å². The number of hydrogen-bond donors (Lipinski definition) is 2. The van der Waals surface area contributed by atoms with Crippen molar-refractivity contribution in [2.24, 2.45) is 0 Å². The normalized spacial score (nSPS) is 10.7. The molecule has 2 aromatic heterocycles. The van der Waals surface area contributed by atoms with E-state index < -0.39 is 0 Å². The van der Waals surface area contributed by atoms with E-state index in [1.165, 1.54) is 10.9 Å². The van der Waals surface area contributed by atoms with Crippen LogP contribution < -0.4 is 20.9 Å². The predicted octanol–water partition coefficient (Wildman–Crippen LogP) is 5.91. The minimum atomic E-state index is -0.376. The number of furan rings is 1. The van der Waals surface area contributed by atoms with E-state index in [0.29, 0.717) is 35.0 Å². The van der Waals surface area contributed by atoms with Crippen LogP contribution in [-0.4, -0.2) is 15.7 Å². The number of aryl methyl sites for hydroxylation is 1. The second-order valence-electron chi connectivity index (χ2n) is 8.70. The molecule has 0 aliphatic carbocycles. The van der Waals surface area contributed by atoms with Crippen molar-refractivity contribution in [1.29, 1.82) is 0 Å². The molecule has 0 saturated carbocycles. The van der Waals surface area contributed by atoms with Crippen molar-refractivity contribution in [2.75, 3.05) is 5.32 Å². The van der Waals surface area contributed by atoms with Crippen LogP contribution >= 0.6 is 0 Å². The van der Waals surface area contributed by atoms with Crippen molar-refractivity contribution in [3.63, 3.8) is 0 Å². The van der Waals surface area contributed by atoms with E-state index in [1.807, 2.05) is 50.2 Å². The molecule has 0 aliphatic heterocycles. The standard InChI is InChI=1S/C30H26N4O4/c1-20-8-6-12-26(21(20)2)38-27-19-32-34(24-9-4-3-5-10-24)30(36)28(27)33-23-15-13-22(14-16-23)29(35)31-18-25-11-7-17-37-25/h3-17,19,33H,18H2,1-2H3,(H,31,35). The molecule has 0 fully saturated rings. The first-order valence-corrected chi connectivity index (χ1v) is 12.1. The van der Waals surface area contributed by atoms with Gasteiger partial charge in [0, 0.05) is 11.3 Å². The molecule has 0 spiro atoms. The summed E-state index contributed by atoms with van der Waals surface area (Å²) in [6.07, 6.45) is 3.08. The summed E-state index contributed by atoms with van der Waals surface area (Å²) in [7, 11) is 0. The number of rotatable bonds is 8. The summed E-state index contributed by atoms with van der Waals surface area (Å²) >= 11 is 0. The molecule has 0 aliphatic rings. The fourth-order valence-electron chi connectivity index (χ4n) is 3.87. The first-order valence-electron chi connectivity index (χ1n) is 12.1. The van der Waals surface area contributed by atoms with Gasteiger partial charge in [0.1, 0.15) is 11.5 Å². The third kappa shape index (κ3) is 5.34. The Kier molecular flexibility index (Phi) is 7.04. The van der Waals surface area contributed by atoms with Crippen LogP contribution in [0.1, 0.15) is 27.2 Å². The molecule has 8 heteroatoms. The van der Waals surface area contributed by atoms with Gasteiger partial charge in [-0.25, -0.2) is 0 Å². The number of amides is 1.